The summed E-state index contributed by atoms with van der Waals surface area (Å²) in [6, 6.07) is 5.09. The van der Waals surface area contributed by atoms with Gasteiger partial charge in [-0.05, 0) is 42.9 Å². The van der Waals surface area contributed by atoms with E-state index in [-0.39, 0.29) is 5.82 Å². The Kier molecular flexibility index (Phi) is 3.91. The number of nitrogens with two attached hydrogens (primary N) is 1. The third-order valence-electron chi connectivity index (χ3n) is 4.55. The molecule has 0 bridgehead atoms. The summed E-state index contributed by atoms with van der Waals surface area (Å²) >= 11 is 0. The first-order valence-corrected chi connectivity index (χ1v) is 6.85. The fraction of sp³-hybridized carbons (Fsp3) is 0.600. The lowest BCUT2D eigenvalue weighted by Crippen LogP contribution is -2.26. The lowest BCUT2D eigenvalue weighted by Gasteiger charge is -2.26. The van der Waals surface area contributed by atoms with Gasteiger partial charge in [0.25, 0.3) is 0 Å². The molecule has 0 unspecified atom stereocenters. The van der Waals surface area contributed by atoms with Crippen LogP contribution < -0.4 is 5.73 Å². The summed E-state index contributed by atoms with van der Waals surface area (Å²) < 4.78 is 13.4. The van der Waals surface area contributed by atoms with Crippen LogP contribution in [0.3, 0.4) is 0 Å². The van der Waals surface area contributed by atoms with Crippen LogP contribution in [0.15, 0.2) is 18.2 Å². The van der Waals surface area contributed by atoms with Crippen molar-refractivity contribution >= 4 is 5.69 Å². The van der Waals surface area contributed by atoms with Crippen LogP contribution in [0.1, 0.15) is 38.7 Å². The molecule has 0 amide bonds. The molecule has 1 aromatic rings. The lowest BCUT2D eigenvalue weighted by molar-refractivity contribution is 0.236. The fourth-order valence-electron chi connectivity index (χ4n) is 2.95. The maximum Gasteiger partial charge on any atom is 0.146 e. The van der Waals surface area contributed by atoms with Gasteiger partial charge < -0.3 is 5.73 Å². The molecule has 1 saturated heterocycles. The second kappa shape index (κ2) is 5.27. The number of hydrogen-bond donors (Lipinski definition) is 1. The number of halogens is 1. The second-order valence-electron chi connectivity index (χ2n) is 5.48. The Bertz CT molecular complexity index is 413. The Hall–Kier alpha value is -1.09. The Labute approximate surface area is 109 Å². The molecule has 1 fully saturated rings. The van der Waals surface area contributed by atoms with E-state index in [2.05, 4.69) is 18.7 Å². The van der Waals surface area contributed by atoms with Gasteiger partial charge in [0, 0.05) is 13.1 Å². The van der Waals surface area contributed by atoms with Crippen LogP contribution >= 0.6 is 0 Å². The van der Waals surface area contributed by atoms with E-state index < -0.39 is 0 Å². The van der Waals surface area contributed by atoms with Crippen molar-refractivity contribution in [2.75, 3.05) is 18.8 Å². The van der Waals surface area contributed by atoms with Crippen LogP contribution in [0.2, 0.25) is 0 Å². The molecule has 0 radical (unpaired) electrons. The molecular weight excluding hydrogens is 227 g/mol. The van der Waals surface area contributed by atoms with E-state index in [0.717, 1.165) is 25.2 Å². The molecule has 1 aliphatic heterocycles. The number of benzene rings is 1. The van der Waals surface area contributed by atoms with E-state index in [9.17, 15) is 4.39 Å². The number of rotatable bonds is 4. The van der Waals surface area contributed by atoms with Crippen molar-refractivity contribution in [3.05, 3.63) is 29.6 Å². The SMILES string of the molecule is CCC1(CC)CCN(Cc2cccc(F)c2N)C1. The molecule has 2 nitrogen and oxygen atoms in total. The maximum atomic E-state index is 13.4. The number of likely N-dealkylation sites (tertiary alicyclic amines) is 1. The molecule has 1 aromatic carbocycles. The van der Waals surface area contributed by atoms with Gasteiger partial charge in [-0.3, -0.25) is 4.90 Å². The van der Waals surface area contributed by atoms with Crippen molar-refractivity contribution in [1.82, 2.24) is 4.90 Å². The second-order valence-corrected chi connectivity index (χ2v) is 5.48. The first-order chi connectivity index (χ1) is 8.60. The van der Waals surface area contributed by atoms with Gasteiger partial charge in [-0.1, -0.05) is 26.0 Å². The van der Waals surface area contributed by atoms with Gasteiger partial charge >= 0.3 is 0 Å². The highest BCUT2D eigenvalue weighted by atomic mass is 19.1. The Balaban J connectivity index is 2.06. The Morgan fingerprint density at radius 1 is 1.33 bits per heavy atom. The molecule has 100 valence electrons. The minimum absolute atomic E-state index is 0.302. The minimum atomic E-state index is -0.302. The zero-order valence-corrected chi connectivity index (χ0v) is 11.4. The number of para-hydroxylation sites is 1. The highest BCUT2D eigenvalue weighted by Crippen LogP contribution is 2.37. The molecular formula is C15H23FN2. The molecule has 0 aromatic heterocycles. The third-order valence-corrected chi connectivity index (χ3v) is 4.55. The van der Waals surface area contributed by atoms with Gasteiger partial charge in [0.15, 0.2) is 0 Å². The van der Waals surface area contributed by atoms with E-state index >= 15 is 0 Å². The fourth-order valence-corrected chi connectivity index (χ4v) is 2.95. The number of hydrogen-bond acceptors (Lipinski definition) is 2. The summed E-state index contributed by atoms with van der Waals surface area (Å²) in [5.41, 5.74) is 7.48. The molecule has 3 heteroatoms. The zero-order chi connectivity index (χ0) is 13.2. The predicted octanol–water partition coefficient (Wildman–Crippen LogP) is 3.42. The zero-order valence-electron chi connectivity index (χ0n) is 11.4. The van der Waals surface area contributed by atoms with E-state index in [0.29, 0.717) is 11.1 Å². The van der Waals surface area contributed by atoms with Gasteiger partial charge in [-0.15, -0.1) is 0 Å². The smallest absolute Gasteiger partial charge is 0.146 e. The van der Waals surface area contributed by atoms with Crippen LogP contribution in [0.4, 0.5) is 10.1 Å². The summed E-state index contributed by atoms with van der Waals surface area (Å²) in [5.74, 6) is -0.302. The molecule has 0 atom stereocenters. The maximum absolute atomic E-state index is 13.4. The van der Waals surface area contributed by atoms with E-state index in [1.807, 2.05) is 6.07 Å². The largest absolute Gasteiger partial charge is 0.396 e. The standard InChI is InChI=1S/C15H23FN2/c1-3-15(4-2)8-9-18(11-15)10-12-6-5-7-13(16)14(12)17/h5-7H,3-4,8-11,17H2,1-2H3. The van der Waals surface area contributed by atoms with Crippen LogP contribution in [-0.2, 0) is 6.54 Å². The molecule has 0 spiro atoms. The van der Waals surface area contributed by atoms with Gasteiger partial charge in [0.05, 0.1) is 5.69 Å². The van der Waals surface area contributed by atoms with Gasteiger partial charge in [-0.25, -0.2) is 4.39 Å². The van der Waals surface area contributed by atoms with E-state index in [1.54, 1.807) is 6.07 Å². The predicted molar refractivity (Wildman–Crippen MR) is 73.7 cm³/mol. The van der Waals surface area contributed by atoms with Crippen LogP contribution in [-0.4, -0.2) is 18.0 Å². The highest BCUT2D eigenvalue weighted by Gasteiger charge is 2.34. The third kappa shape index (κ3) is 2.51. The summed E-state index contributed by atoms with van der Waals surface area (Å²) in [6.45, 7) is 7.51. The lowest BCUT2D eigenvalue weighted by atomic mass is 9.82. The van der Waals surface area contributed by atoms with Gasteiger partial charge in [-0.2, -0.15) is 0 Å². The molecule has 0 saturated carbocycles. The normalized spacial score (nSPS) is 19.3. The van der Waals surface area contributed by atoms with Gasteiger partial charge in [0.2, 0.25) is 0 Å². The first-order valence-electron chi connectivity index (χ1n) is 6.85. The molecule has 18 heavy (non-hydrogen) atoms. The molecule has 1 aliphatic rings. The monoisotopic (exact) mass is 250 g/mol. The van der Waals surface area contributed by atoms with E-state index in [1.165, 1.54) is 25.3 Å². The molecule has 2 N–H and O–H groups in total. The average molecular weight is 250 g/mol. The van der Waals surface area contributed by atoms with E-state index in [4.69, 9.17) is 5.73 Å². The average Bonchev–Trinajstić information content (AvgIpc) is 2.79. The molecule has 2 rings (SSSR count). The summed E-state index contributed by atoms with van der Waals surface area (Å²) in [6.07, 6.45) is 3.69. The van der Waals surface area contributed by atoms with Crippen molar-refractivity contribution in [3.63, 3.8) is 0 Å². The van der Waals surface area contributed by atoms with Crippen molar-refractivity contribution < 1.29 is 4.39 Å². The van der Waals surface area contributed by atoms with Crippen LogP contribution in [0.5, 0.6) is 0 Å². The quantitative estimate of drug-likeness (QED) is 0.830. The Morgan fingerprint density at radius 3 is 2.67 bits per heavy atom. The number of anilines is 1. The van der Waals surface area contributed by atoms with Crippen molar-refractivity contribution in [1.29, 1.82) is 0 Å². The van der Waals surface area contributed by atoms with Gasteiger partial charge in [0.1, 0.15) is 5.82 Å². The first kappa shape index (κ1) is 13.3. The van der Waals surface area contributed by atoms with Crippen LogP contribution in [0, 0.1) is 11.2 Å². The number of nitrogen functional groups attached to an aromatic ring is 1. The molecule has 0 aliphatic carbocycles. The molecule has 1 heterocycles. The minimum Gasteiger partial charge on any atom is -0.396 e. The summed E-state index contributed by atoms with van der Waals surface area (Å²) in [5, 5.41) is 0. The topological polar surface area (TPSA) is 29.3 Å². The summed E-state index contributed by atoms with van der Waals surface area (Å²) in [4.78, 5) is 2.40. The van der Waals surface area contributed by atoms with Crippen LogP contribution in [0.25, 0.3) is 0 Å². The highest BCUT2D eigenvalue weighted by molar-refractivity contribution is 5.47. The van der Waals surface area contributed by atoms with Crippen molar-refractivity contribution in [2.24, 2.45) is 5.41 Å². The Morgan fingerprint density at radius 2 is 2.06 bits per heavy atom. The van der Waals surface area contributed by atoms with Crippen molar-refractivity contribution in [2.45, 2.75) is 39.7 Å². The number of nitrogens with zero attached hydrogens (tertiary/aromatic N) is 1. The van der Waals surface area contributed by atoms with Crippen molar-refractivity contribution in [3.8, 4) is 0 Å². The summed E-state index contributed by atoms with van der Waals surface area (Å²) in [7, 11) is 0.